The Morgan fingerprint density at radius 2 is 1.95 bits per heavy atom. The average molecular weight is 499 g/mol. The average Bonchev–Trinajstić information content (AvgIpc) is 3.34. The van der Waals surface area contributed by atoms with Crippen molar-refractivity contribution in [3.05, 3.63) is 66.3 Å². The fraction of sp³-hybridized carbons (Fsp3) is 0.345. The standard InChI is InChI=1S/C29H30N4O4/c1-29(2,3)37-28(34)33-13-9-19(10-14-33)18-35-27-17-24-22(16-25(27)30-4)26(8-12-32-24)36-21-5-6-23-20(15-21)7-11-31-23/h5-8,11-12,15-17,19,31H,9-10,13-14,18H2,1-3H3. The molecule has 0 bridgehead atoms. The normalized spacial score (nSPS) is 14.5. The zero-order chi connectivity index (χ0) is 26.0. The number of ether oxygens (including phenoxy) is 3. The van der Waals surface area contributed by atoms with Gasteiger partial charge in [0.25, 0.3) is 0 Å². The fourth-order valence-corrected chi connectivity index (χ4v) is 4.47. The van der Waals surface area contributed by atoms with Crippen molar-refractivity contribution in [1.29, 1.82) is 0 Å². The highest BCUT2D eigenvalue weighted by Crippen LogP contribution is 2.38. The molecule has 4 aromatic rings. The molecule has 0 aliphatic carbocycles. The summed E-state index contributed by atoms with van der Waals surface area (Å²) in [6, 6.07) is 13.2. The first-order chi connectivity index (χ1) is 17.8. The maximum Gasteiger partial charge on any atom is 0.410 e. The van der Waals surface area contributed by atoms with Crippen LogP contribution in [0.4, 0.5) is 10.5 Å². The number of carbonyl (C=O) groups excluding carboxylic acids is 1. The second-order valence-electron chi connectivity index (χ2n) is 10.3. The van der Waals surface area contributed by atoms with Gasteiger partial charge in [-0.05, 0) is 82.0 Å². The highest BCUT2D eigenvalue weighted by atomic mass is 16.6. The van der Waals surface area contributed by atoms with E-state index in [1.807, 2.05) is 51.2 Å². The molecule has 2 aromatic heterocycles. The lowest BCUT2D eigenvalue weighted by Gasteiger charge is -2.33. The van der Waals surface area contributed by atoms with E-state index in [0.717, 1.165) is 29.1 Å². The highest BCUT2D eigenvalue weighted by molar-refractivity contribution is 5.91. The lowest BCUT2D eigenvalue weighted by molar-refractivity contribution is 0.0165. The Morgan fingerprint density at radius 3 is 2.70 bits per heavy atom. The van der Waals surface area contributed by atoms with Gasteiger partial charge < -0.3 is 24.1 Å². The predicted octanol–water partition coefficient (Wildman–Crippen LogP) is 7.09. The first-order valence-corrected chi connectivity index (χ1v) is 12.4. The maximum absolute atomic E-state index is 12.3. The molecule has 0 saturated carbocycles. The number of piperidine rings is 1. The van der Waals surface area contributed by atoms with Gasteiger partial charge in [0.05, 0.1) is 18.7 Å². The summed E-state index contributed by atoms with van der Waals surface area (Å²) in [6.45, 7) is 15.1. The molecule has 37 heavy (non-hydrogen) atoms. The van der Waals surface area contributed by atoms with Crippen LogP contribution in [0.25, 0.3) is 26.7 Å². The molecule has 0 atom stereocenters. The van der Waals surface area contributed by atoms with E-state index in [2.05, 4.69) is 14.8 Å². The second kappa shape index (κ2) is 10.0. The van der Waals surface area contributed by atoms with E-state index in [1.165, 1.54) is 0 Å². The molecular weight excluding hydrogens is 468 g/mol. The molecule has 190 valence electrons. The van der Waals surface area contributed by atoms with Gasteiger partial charge in [-0.2, -0.15) is 0 Å². The smallest absolute Gasteiger partial charge is 0.410 e. The molecule has 3 heterocycles. The summed E-state index contributed by atoms with van der Waals surface area (Å²) in [6.07, 6.45) is 4.96. The molecule has 1 aliphatic rings. The van der Waals surface area contributed by atoms with Gasteiger partial charge in [-0.15, -0.1) is 0 Å². The van der Waals surface area contributed by atoms with Crippen LogP contribution in [0.2, 0.25) is 0 Å². The topological polar surface area (TPSA) is 81.0 Å². The van der Waals surface area contributed by atoms with Crippen molar-refractivity contribution >= 4 is 33.6 Å². The highest BCUT2D eigenvalue weighted by Gasteiger charge is 2.27. The number of rotatable bonds is 5. The van der Waals surface area contributed by atoms with Gasteiger partial charge in [0.15, 0.2) is 0 Å². The first-order valence-electron chi connectivity index (χ1n) is 12.4. The summed E-state index contributed by atoms with van der Waals surface area (Å²) >= 11 is 0. The number of hydrogen-bond acceptors (Lipinski definition) is 5. The Morgan fingerprint density at radius 1 is 1.14 bits per heavy atom. The quantitative estimate of drug-likeness (QED) is 0.297. The van der Waals surface area contributed by atoms with E-state index >= 15 is 0 Å². The Hall–Kier alpha value is -4.25. The molecule has 8 heteroatoms. The SMILES string of the molecule is [C-]#[N+]c1cc2c(Oc3ccc4[nH]ccc4c3)ccnc2cc1OCC1CCN(C(=O)OC(C)(C)C)CC1. The number of benzene rings is 2. The van der Waals surface area contributed by atoms with Crippen LogP contribution >= 0.6 is 0 Å². The molecule has 1 N–H and O–H groups in total. The third-order valence-corrected chi connectivity index (χ3v) is 6.40. The molecular formula is C29H30N4O4. The Labute approximate surface area is 216 Å². The lowest BCUT2D eigenvalue weighted by atomic mass is 9.98. The lowest BCUT2D eigenvalue weighted by Crippen LogP contribution is -2.42. The van der Waals surface area contributed by atoms with E-state index in [-0.39, 0.29) is 6.09 Å². The number of hydrogen-bond donors (Lipinski definition) is 1. The van der Waals surface area contributed by atoms with Crippen LogP contribution in [0.3, 0.4) is 0 Å². The van der Waals surface area contributed by atoms with Gasteiger partial charge in [-0.25, -0.2) is 9.64 Å². The molecule has 0 unspecified atom stereocenters. The van der Waals surface area contributed by atoms with Crippen LogP contribution in [-0.4, -0.2) is 46.3 Å². The molecule has 0 spiro atoms. The monoisotopic (exact) mass is 498 g/mol. The number of fused-ring (bicyclic) bond motifs is 2. The summed E-state index contributed by atoms with van der Waals surface area (Å²) < 4.78 is 17.8. The van der Waals surface area contributed by atoms with E-state index in [1.54, 1.807) is 29.3 Å². The summed E-state index contributed by atoms with van der Waals surface area (Å²) in [5.41, 5.74) is 1.65. The van der Waals surface area contributed by atoms with Gasteiger partial charge >= 0.3 is 6.09 Å². The van der Waals surface area contributed by atoms with Gasteiger partial charge in [0, 0.05) is 41.8 Å². The van der Waals surface area contributed by atoms with Crippen LogP contribution in [0.5, 0.6) is 17.2 Å². The van der Waals surface area contributed by atoms with E-state index in [0.29, 0.717) is 54.1 Å². The van der Waals surface area contributed by atoms with Crippen molar-refractivity contribution in [2.75, 3.05) is 19.7 Å². The number of aromatic nitrogens is 2. The van der Waals surface area contributed by atoms with Crippen molar-refractivity contribution in [1.82, 2.24) is 14.9 Å². The first kappa shape index (κ1) is 24.4. The van der Waals surface area contributed by atoms with Crippen molar-refractivity contribution in [3.8, 4) is 17.2 Å². The van der Waals surface area contributed by atoms with Crippen LogP contribution in [0, 0.1) is 12.5 Å². The summed E-state index contributed by atoms with van der Waals surface area (Å²) in [7, 11) is 0. The van der Waals surface area contributed by atoms with Crippen molar-refractivity contribution in [2.45, 2.75) is 39.2 Å². The van der Waals surface area contributed by atoms with E-state index in [4.69, 9.17) is 20.8 Å². The molecule has 2 aromatic carbocycles. The maximum atomic E-state index is 12.3. The number of likely N-dealkylation sites (tertiary alicyclic amines) is 1. The van der Waals surface area contributed by atoms with Crippen LogP contribution in [0.15, 0.2) is 54.9 Å². The van der Waals surface area contributed by atoms with Crippen molar-refractivity contribution in [2.24, 2.45) is 5.92 Å². The van der Waals surface area contributed by atoms with E-state index in [9.17, 15) is 4.79 Å². The number of aromatic amines is 1. The number of carbonyl (C=O) groups is 1. The van der Waals surface area contributed by atoms with Crippen LogP contribution in [0.1, 0.15) is 33.6 Å². The zero-order valence-electron chi connectivity index (χ0n) is 21.3. The Balaban J connectivity index is 1.27. The van der Waals surface area contributed by atoms with Gasteiger partial charge in [-0.3, -0.25) is 4.98 Å². The number of pyridine rings is 1. The summed E-state index contributed by atoms with van der Waals surface area (Å²) in [5.74, 6) is 2.14. The summed E-state index contributed by atoms with van der Waals surface area (Å²) in [4.78, 5) is 25.4. The zero-order valence-corrected chi connectivity index (χ0v) is 21.3. The molecule has 1 fully saturated rings. The van der Waals surface area contributed by atoms with Gasteiger partial charge in [0.2, 0.25) is 5.69 Å². The van der Waals surface area contributed by atoms with Crippen LogP contribution in [-0.2, 0) is 4.74 Å². The molecule has 1 amide bonds. The minimum absolute atomic E-state index is 0.270. The number of H-pyrrole nitrogens is 1. The number of amides is 1. The third kappa shape index (κ3) is 5.61. The molecule has 8 nitrogen and oxygen atoms in total. The third-order valence-electron chi connectivity index (χ3n) is 6.40. The number of nitrogens with one attached hydrogen (secondary N) is 1. The van der Waals surface area contributed by atoms with Crippen molar-refractivity contribution in [3.63, 3.8) is 0 Å². The summed E-state index contributed by atoms with van der Waals surface area (Å²) in [5, 5.41) is 1.81. The van der Waals surface area contributed by atoms with Gasteiger partial charge in [0.1, 0.15) is 22.8 Å². The fourth-order valence-electron chi connectivity index (χ4n) is 4.47. The minimum atomic E-state index is -0.502. The Bertz CT molecular complexity index is 1470. The molecule has 0 radical (unpaired) electrons. The largest absolute Gasteiger partial charge is 0.504 e. The van der Waals surface area contributed by atoms with Crippen molar-refractivity contribution < 1.29 is 19.0 Å². The van der Waals surface area contributed by atoms with Gasteiger partial charge in [-0.1, -0.05) is 0 Å². The second-order valence-corrected chi connectivity index (χ2v) is 10.3. The molecule has 1 aliphatic heterocycles. The molecule has 1 saturated heterocycles. The van der Waals surface area contributed by atoms with E-state index < -0.39 is 5.60 Å². The number of nitrogens with zero attached hydrogens (tertiary/aromatic N) is 3. The minimum Gasteiger partial charge on any atom is -0.504 e. The van der Waals surface area contributed by atoms with Crippen LogP contribution < -0.4 is 9.47 Å². The predicted molar refractivity (Wildman–Crippen MR) is 142 cm³/mol. The molecule has 5 rings (SSSR count). The Kier molecular flexibility index (Phi) is 6.62.